The molecular weight excluding hydrogens is 431 g/mol. The minimum Gasteiger partial charge on any atom is -0.337 e. The first-order valence-electron chi connectivity index (χ1n) is 11.3. The molecule has 5 nitrogen and oxygen atoms in total. The zero-order valence-corrected chi connectivity index (χ0v) is 18.6. The van der Waals surface area contributed by atoms with E-state index in [1.54, 1.807) is 12.1 Å². The molecule has 33 heavy (non-hydrogen) atoms. The van der Waals surface area contributed by atoms with E-state index in [0.29, 0.717) is 6.54 Å². The second-order valence-electron chi connectivity index (χ2n) is 8.93. The molecule has 2 aromatic rings. The summed E-state index contributed by atoms with van der Waals surface area (Å²) in [5, 5.41) is 1.87. The van der Waals surface area contributed by atoms with Crippen molar-refractivity contribution in [3.8, 4) is 0 Å². The molecule has 2 fully saturated rings. The highest BCUT2D eigenvalue weighted by atomic mass is 19.4. The number of rotatable bonds is 5. The molecule has 0 aromatic heterocycles. The van der Waals surface area contributed by atoms with Crippen LogP contribution >= 0.6 is 0 Å². The number of anilines is 1. The van der Waals surface area contributed by atoms with Crippen molar-refractivity contribution in [2.24, 2.45) is 0 Å². The molecule has 1 N–H and O–H groups in total. The summed E-state index contributed by atoms with van der Waals surface area (Å²) in [6, 6.07) is 14.8. The molecule has 0 spiro atoms. The zero-order valence-electron chi connectivity index (χ0n) is 18.6. The van der Waals surface area contributed by atoms with Gasteiger partial charge in [-0.05, 0) is 68.5 Å². The first kappa shape index (κ1) is 23.3. The highest BCUT2D eigenvalue weighted by Gasteiger charge is 2.39. The lowest BCUT2D eigenvalue weighted by atomic mass is 9.88. The van der Waals surface area contributed by atoms with Crippen LogP contribution in [0.3, 0.4) is 0 Å². The number of benzene rings is 2. The maximum atomic E-state index is 13.0. The molecule has 1 atom stereocenters. The Hall–Kier alpha value is -2.87. The van der Waals surface area contributed by atoms with Gasteiger partial charge in [0, 0.05) is 18.8 Å². The third-order valence-corrected chi connectivity index (χ3v) is 6.63. The van der Waals surface area contributed by atoms with Gasteiger partial charge in [-0.2, -0.15) is 13.2 Å². The quantitative estimate of drug-likeness (QED) is 0.718. The predicted octanol–water partition coefficient (Wildman–Crippen LogP) is 4.48. The normalized spacial score (nSPS) is 20.3. The largest absolute Gasteiger partial charge is 0.471 e. The van der Waals surface area contributed by atoms with Gasteiger partial charge in [-0.15, -0.1) is 0 Å². The van der Waals surface area contributed by atoms with E-state index in [1.807, 2.05) is 17.1 Å². The Morgan fingerprint density at radius 2 is 1.61 bits per heavy atom. The van der Waals surface area contributed by atoms with Crippen LogP contribution in [0.4, 0.5) is 18.9 Å². The second-order valence-corrected chi connectivity index (χ2v) is 8.93. The molecule has 2 heterocycles. The fraction of sp³-hybridized carbons (Fsp3) is 0.440. The maximum absolute atomic E-state index is 13.0. The van der Waals surface area contributed by atoms with Crippen LogP contribution < -0.4 is 5.32 Å². The van der Waals surface area contributed by atoms with E-state index in [9.17, 15) is 22.8 Å². The van der Waals surface area contributed by atoms with Gasteiger partial charge in [0.15, 0.2) is 0 Å². The summed E-state index contributed by atoms with van der Waals surface area (Å²) in [7, 11) is 0. The van der Waals surface area contributed by atoms with E-state index < -0.39 is 12.1 Å². The maximum Gasteiger partial charge on any atom is 0.471 e. The van der Waals surface area contributed by atoms with Gasteiger partial charge in [-0.1, -0.05) is 42.0 Å². The molecule has 1 unspecified atom stereocenters. The Balaban J connectivity index is 1.28. The number of nitrogens with one attached hydrogen (secondary N) is 1. The molecule has 2 aliphatic heterocycles. The van der Waals surface area contributed by atoms with Crippen molar-refractivity contribution in [2.75, 3.05) is 25.0 Å². The predicted molar refractivity (Wildman–Crippen MR) is 120 cm³/mol. The van der Waals surface area contributed by atoms with E-state index >= 15 is 0 Å². The number of nitrogens with zero attached hydrogens (tertiary/aromatic N) is 2. The summed E-state index contributed by atoms with van der Waals surface area (Å²) in [6.45, 7) is 5.08. The SMILES string of the molecule is Cc1ccc(CN2CCC(N3CCC(c4ccc(NC(=O)C(F)(F)F)cc4)CC3)C2=O)cc1. The van der Waals surface area contributed by atoms with Crippen LogP contribution in [0.2, 0.25) is 0 Å². The van der Waals surface area contributed by atoms with Crippen molar-refractivity contribution in [3.05, 3.63) is 65.2 Å². The Kier molecular flexibility index (Phi) is 6.74. The molecule has 4 rings (SSSR count). The fourth-order valence-corrected chi connectivity index (χ4v) is 4.72. The summed E-state index contributed by atoms with van der Waals surface area (Å²) in [5.41, 5.74) is 3.51. The third kappa shape index (κ3) is 5.55. The average molecular weight is 460 g/mol. The Morgan fingerprint density at radius 3 is 2.21 bits per heavy atom. The second kappa shape index (κ2) is 9.55. The molecule has 2 aliphatic rings. The van der Waals surface area contributed by atoms with Crippen molar-refractivity contribution < 1.29 is 22.8 Å². The van der Waals surface area contributed by atoms with Crippen molar-refractivity contribution in [3.63, 3.8) is 0 Å². The number of likely N-dealkylation sites (tertiary alicyclic amines) is 2. The van der Waals surface area contributed by atoms with E-state index in [1.165, 1.54) is 17.7 Å². The van der Waals surface area contributed by atoms with Gasteiger partial charge < -0.3 is 10.2 Å². The molecular formula is C25H28F3N3O2. The van der Waals surface area contributed by atoms with Crippen LogP contribution in [0.5, 0.6) is 0 Å². The highest BCUT2D eigenvalue weighted by Crippen LogP contribution is 2.32. The lowest BCUT2D eigenvalue weighted by molar-refractivity contribution is -0.167. The molecule has 2 aromatic carbocycles. The zero-order chi connectivity index (χ0) is 23.6. The number of alkyl halides is 3. The number of piperidine rings is 1. The molecule has 0 saturated carbocycles. The average Bonchev–Trinajstić information content (AvgIpc) is 3.15. The smallest absolute Gasteiger partial charge is 0.337 e. The van der Waals surface area contributed by atoms with Crippen molar-refractivity contribution >= 4 is 17.5 Å². The van der Waals surface area contributed by atoms with Crippen molar-refractivity contribution in [2.45, 2.75) is 50.9 Å². The number of amides is 2. The van der Waals surface area contributed by atoms with E-state index in [-0.39, 0.29) is 23.6 Å². The van der Waals surface area contributed by atoms with Gasteiger partial charge in [-0.3, -0.25) is 14.5 Å². The topological polar surface area (TPSA) is 52.6 Å². The first-order chi connectivity index (χ1) is 15.7. The summed E-state index contributed by atoms with van der Waals surface area (Å²) >= 11 is 0. The minimum atomic E-state index is -4.90. The molecule has 2 amide bonds. The highest BCUT2D eigenvalue weighted by molar-refractivity contribution is 5.94. The summed E-state index contributed by atoms with van der Waals surface area (Å²) in [5.74, 6) is -1.49. The first-order valence-corrected chi connectivity index (χ1v) is 11.3. The van der Waals surface area contributed by atoms with Gasteiger partial charge in [0.25, 0.3) is 0 Å². The Bertz CT molecular complexity index is 981. The molecule has 0 radical (unpaired) electrons. The van der Waals surface area contributed by atoms with Crippen LogP contribution in [0.1, 0.15) is 41.9 Å². The van der Waals surface area contributed by atoms with Crippen molar-refractivity contribution in [1.82, 2.24) is 9.80 Å². The number of hydrogen-bond acceptors (Lipinski definition) is 3. The van der Waals surface area contributed by atoms with Crippen LogP contribution in [-0.2, 0) is 16.1 Å². The number of hydrogen-bond donors (Lipinski definition) is 1. The minimum absolute atomic E-state index is 0.0728. The fourth-order valence-electron chi connectivity index (χ4n) is 4.72. The van der Waals surface area contributed by atoms with Crippen LogP contribution in [-0.4, -0.2) is 53.5 Å². The monoisotopic (exact) mass is 459 g/mol. The Labute approximate surface area is 191 Å². The van der Waals surface area contributed by atoms with Crippen molar-refractivity contribution in [1.29, 1.82) is 0 Å². The van der Waals surface area contributed by atoms with Gasteiger partial charge in [0.2, 0.25) is 5.91 Å². The molecule has 0 aliphatic carbocycles. The van der Waals surface area contributed by atoms with E-state index in [4.69, 9.17) is 0 Å². The van der Waals surface area contributed by atoms with Crippen LogP contribution in [0.15, 0.2) is 48.5 Å². The van der Waals surface area contributed by atoms with E-state index in [0.717, 1.165) is 50.0 Å². The van der Waals surface area contributed by atoms with E-state index in [2.05, 4.69) is 29.2 Å². The third-order valence-electron chi connectivity index (χ3n) is 6.63. The lowest BCUT2D eigenvalue weighted by Gasteiger charge is -2.35. The number of carbonyl (C=O) groups is 2. The summed E-state index contributed by atoms with van der Waals surface area (Å²) < 4.78 is 37.2. The van der Waals surface area contributed by atoms with Gasteiger partial charge in [0.1, 0.15) is 0 Å². The van der Waals surface area contributed by atoms with Gasteiger partial charge >= 0.3 is 12.1 Å². The Morgan fingerprint density at radius 1 is 0.970 bits per heavy atom. The number of aryl methyl sites for hydroxylation is 1. The molecule has 0 bridgehead atoms. The summed E-state index contributed by atoms with van der Waals surface area (Å²) in [4.78, 5) is 28.3. The number of halogens is 3. The number of carbonyl (C=O) groups excluding carboxylic acids is 2. The lowest BCUT2D eigenvalue weighted by Crippen LogP contribution is -2.45. The molecule has 2 saturated heterocycles. The molecule has 8 heteroatoms. The standard InChI is InChI=1S/C25H28F3N3O2/c1-17-2-4-18(5-3-17)16-31-15-12-22(23(31)32)30-13-10-20(11-14-30)19-6-8-21(9-7-19)29-24(33)25(26,27)28/h2-9,20,22H,10-16H2,1H3,(H,29,33). The van der Waals surface area contributed by atoms with Crippen LogP contribution in [0.25, 0.3) is 0 Å². The van der Waals surface area contributed by atoms with Crippen LogP contribution in [0, 0.1) is 6.92 Å². The van der Waals surface area contributed by atoms with Gasteiger partial charge in [0.05, 0.1) is 6.04 Å². The summed E-state index contributed by atoms with van der Waals surface area (Å²) in [6.07, 6.45) is -2.30. The van der Waals surface area contributed by atoms with Gasteiger partial charge in [-0.25, -0.2) is 0 Å². The molecule has 176 valence electrons.